The van der Waals surface area contributed by atoms with Gasteiger partial charge in [0, 0.05) is 25.0 Å². The number of ether oxygens (including phenoxy) is 2. The molecule has 3 aliphatic rings. The van der Waals surface area contributed by atoms with Gasteiger partial charge in [0.2, 0.25) is 0 Å². The second-order valence-corrected chi connectivity index (χ2v) is 8.33. The second kappa shape index (κ2) is 9.36. The minimum absolute atomic E-state index is 0.145. The molecule has 2 unspecified atom stereocenters. The van der Waals surface area contributed by atoms with Gasteiger partial charge in [-0.3, -0.25) is 14.8 Å². The highest BCUT2D eigenvalue weighted by atomic mass is 32.2. The number of amidine groups is 1. The molecule has 2 atom stereocenters. The molecule has 0 saturated carbocycles. The lowest BCUT2D eigenvalue weighted by Gasteiger charge is -2.28. The Bertz CT molecular complexity index is 964. The Morgan fingerprint density at radius 3 is 2.87 bits per heavy atom. The fraction of sp³-hybridized carbons (Fsp3) is 0.304. The molecule has 1 heterocycles. The molecule has 1 aliphatic heterocycles. The van der Waals surface area contributed by atoms with Gasteiger partial charge in [-0.25, -0.2) is 5.43 Å². The standard InChI is InChI=1S/C23H25N3O3S/c1-16-7-3-5-9-20(16)26(23-25-19-8-4-6-10-22(19)30-23)24-14-17-13-18(28-2)11-12-21(17)29-15-27/h3-10,13,15,19,22,24H,11-12,14H2,1-2H3. The number of hydrogen-bond acceptors (Lipinski definition) is 7. The largest absolute Gasteiger partial charge is 0.501 e. The number of benzene rings is 1. The zero-order valence-electron chi connectivity index (χ0n) is 17.1. The molecular weight excluding hydrogens is 398 g/mol. The number of methoxy groups -OCH3 is 1. The SMILES string of the molecule is COC1=CC(CNN(C2=NC3C=CC=CC3S2)c2ccccc2C)=C(OC=O)CC1. The highest BCUT2D eigenvalue weighted by Crippen LogP contribution is 2.34. The number of thioether (sulfide) groups is 1. The number of nitrogens with zero attached hydrogens (tertiary/aromatic N) is 2. The number of aliphatic imine (C=N–C) groups is 1. The summed E-state index contributed by atoms with van der Waals surface area (Å²) in [5.74, 6) is 1.55. The maximum absolute atomic E-state index is 11.0. The van der Waals surface area contributed by atoms with E-state index in [4.69, 9.17) is 14.5 Å². The Balaban J connectivity index is 1.62. The number of para-hydroxylation sites is 1. The first-order valence-electron chi connectivity index (χ1n) is 9.95. The Kier molecular flexibility index (Phi) is 6.40. The Hall–Kier alpha value is -2.77. The highest BCUT2D eigenvalue weighted by molar-refractivity contribution is 8.15. The van der Waals surface area contributed by atoms with Crippen LogP contribution in [0.5, 0.6) is 0 Å². The minimum atomic E-state index is 0.145. The van der Waals surface area contributed by atoms with E-state index in [-0.39, 0.29) is 6.04 Å². The molecule has 0 saturated heterocycles. The monoisotopic (exact) mass is 423 g/mol. The maximum Gasteiger partial charge on any atom is 0.298 e. The molecule has 0 aromatic heterocycles. The van der Waals surface area contributed by atoms with E-state index in [1.54, 1.807) is 18.9 Å². The minimum Gasteiger partial charge on any atom is -0.501 e. The van der Waals surface area contributed by atoms with E-state index in [0.717, 1.165) is 34.2 Å². The summed E-state index contributed by atoms with van der Waals surface area (Å²) >= 11 is 1.74. The van der Waals surface area contributed by atoms with Crippen molar-refractivity contribution in [2.75, 3.05) is 18.7 Å². The van der Waals surface area contributed by atoms with Gasteiger partial charge in [0.25, 0.3) is 6.47 Å². The number of anilines is 1. The first-order chi connectivity index (χ1) is 14.7. The highest BCUT2D eigenvalue weighted by Gasteiger charge is 2.32. The van der Waals surface area contributed by atoms with Crippen LogP contribution in [0.25, 0.3) is 0 Å². The van der Waals surface area contributed by atoms with Crippen molar-refractivity contribution < 1.29 is 14.3 Å². The molecule has 1 N–H and O–H groups in total. The van der Waals surface area contributed by atoms with Gasteiger partial charge in [-0.1, -0.05) is 54.3 Å². The van der Waals surface area contributed by atoms with E-state index >= 15 is 0 Å². The van der Waals surface area contributed by atoms with Crippen molar-refractivity contribution in [2.24, 2.45) is 4.99 Å². The summed E-state index contributed by atoms with van der Waals surface area (Å²) in [5, 5.41) is 3.27. The van der Waals surface area contributed by atoms with Crippen LogP contribution in [0.4, 0.5) is 5.69 Å². The van der Waals surface area contributed by atoms with Gasteiger partial charge in [-0.05, 0) is 24.6 Å². The predicted octanol–water partition coefficient (Wildman–Crippen LogP) is 4.02. The molecule has 0 bridgehead atoms. The number of carbonyl (C=O) groups is 1. The number of allylic oxidation sites excluding steroid dienone is 4. The van der Waals surface area contributed by atoms with E-state index in [9.17, 15) is 4.79 Å². The topological polar surface area (TPSA) is 63.2 Å². The summed E-state index contributed by atoms with van der Waals surface area (Å²) in [6.45, 7) is 3.05. The van der Waals surface area contributed by atoms with E-state index in [1.807, 2.05) is 29.3 Å². The van der Waals surface area contributed by atoms with Crippen LogP contribution in [0.1, 0.15) is 18.4 Å². The summed E-state index contributed by atoms with van der Waals surface area (Å²) < 4.78 is 10.7. The van der Waals surface area contributed by atoms with Crippen molar-refractivity contribution in [3.8, 4) is 0 Å². The molecular formula is C23H25N3O3S. The fourth-order valence-corrected chi connectivity index (χ4v) is 4.83. The predicted molar refractivity (Wildman–Crippen MR) is 121 cm³/mol. The van der Waals surface area contributed by atoms with Crippen molar-refractivity contribution >= 4 is 29.1 Å². The Morgan fingerprint density at radius 1 is 1.27 bits per heavy atom. The van der Waals surface area contributed by atoms with E-state index < -0.39 is 0 Å². The zero-order chi connectivity index (χ0) is 20.9. The third-order valence-corrected chi connectivity index (χ3v) is 6.48. The van der Waals surface area contributed by atoms with E-state index in [2.05, 4.69) is 42.7 Å². The number of carbonyl (C=O) groups excluding carboxylic acids is 1. The van der Waals surface area contributed by atoms with Crippen LogP contribution < -0.4 is 10.4 Å². The third kappa shape index (κ3) is 4.37. The van der Waals surface area contributed by atoms with Crippen molar-refractivity contribution in [1.82, 2.24) is 5.43 Å². The van der Waals surface area contributed by atoms with Gasteiger partial charge in [0.15, 0.2) is 5.17 Å². The quantitative estimate of drug-likeness (QED) is 0.528. The number of nitrogens with one attached hydrogen (secondary N) is 1. The summed E-state index contributed by atoms with van der Waals surface area (Å²) in [6.07, 6.45) is 11.7. The number of fused-ring (bicyclic) bond motifs is 1. The fourth-order valence-electron chi connectivity index (χ4n) is 3.67. The van der Waals surface area contributed by atoms with Crippen LogP contribution >= 0.6 is 11.8 Å². The van der Waals surface area contributed by atoms with Crippen LogP contribution in [0.15, 0.2) is 76.7 Å². The van der Waals surface area contributed by atoms with Crippen LogP contribution in [-0.4, -0.2) is 36.6 Å². The Labute approximate surface area is 181 Å². The first kappa shape index (κ1) is 20.5. The molecule has 6 nitrogen and oxygen atoms in total. The Morgan fingerprint density at radius 2 is 2.10 bits per heavy atom. The molecule has 0 amide bonds. The number of hydrogen-bond donors (Lipinski definition) is 1. The summed E-state index contributed by atoms with van der Waals surface area (Å²) in [4.78, 5) is 15.9. The van der Waals surface area contributed by atoms with Crippen LogP contribution in [0.3, 0.4) is 0 Å². The average Bonchev–Trinajstić information content (AvgIpc) is 3.20. The lowest BCUT2D eigenvalue weighted by Crippen LogP contribution is -2.43. The van der Waals surface area contributed by atoms with Gasteiger partial charge in [-0.15, -0.1) is 0 Å². The van der Waals surface area contributed by atoms with Crippen LogP contribution in [0, 0.1) is 6.92 Å². The van der Waals surface area contributed by atoms with Gasteiger partial charge in [0.05, 0.1) is 29.8 Å². The van der Waals surface area contributed by atoms with Crippen LogP contribution in [-0.2, 0) is 14.3 Å². The number of aryl methyl sites for hydroxylation is 1. The first-order valence-corrected chi connectivity index (χ1v) is 10.8. The maximum atomic E-state index is 11.0. The molecule has 0 radical (unpaired) electrons. The van der Waals surface area contributed by atoms with Gasteiger partial charge >= 0.3 is 0 Å². The molecule has 1 aromatic carbocycles. The molecule has 7 heteroatoms. The molecule has 0 spiro atoms. The number of hydrazine groups is 1. The average molecular weight is 424 g/mol. The molecule has 0 fully saturated rings. The number of rotatable bonds is 7. The van der Waals surface area contributed by atoms with Crippen molar-refractivity contribution in [3.63, 3.8) is 0 Å². The lowest BCUT2D eigenvalue weighted by molar-refractivity contribution is -0.125. The van der Waals surface area contributed by atoms with E-state index in [1.165, 1.54) is 0 Å². The summed E-state index contributed by atoms with van der Waals surface area (Å²) in [6, 6.07) is 8.35. The third-order valence-electron chi connectivity index (χ3n) is 5.28. The van der Waals surface area contributed by atoms with Gasteiger partial charge in [0.1, 0.15) is 5.76 Å². The van der Waals surface area contributed by atoms with Crippen molar-refractivity contribution in [1.29, 1.82) is 0 Å². The van der Waals surface area contributed by atoms with Crippen molar-refractivity contribution in [3.05, 3.63) is 77.3 Å². The molecule has 2 aliphatic carbocycles. The van der Waals surface area contributed by atoms with E-state index in [0.29, 0.717) is 30.4 Å². The molecule has 4 rings (SSSR count). The molecule has 156 valence electrons. The lowest BCUT2D eigenvalue weighted by atomic mass is 10.0. The zero-order valence-corrected chi connectivity index (χ0v) is 17.9. The molecule has 1 aromatic rings. The second-order valence-electron chi connectivity index (χ2n) is 7.19. The van der Waals surface area contributed by atoms with Gasteiger partial charge in [-0.2, -0.15) is 0 Å². The molecule has 30 heavy (non-hydrogen) atoms. The summed E-state index contributed by atoms with van der Waals surface area (Å²) in [7, 11) is 1.66. The smallest absolute Gasteiger partial charge is 0.298 e. The normalized spacial score (nSPS) is 22.3. The van der Waals surface area contributed by atoms with Gasteiger partial charge < -0.3 is 9.47 Å². The summed E-state index contributed by atoms with van der Waals surface area (Å²) in [5.41, 5.74) is 6.59. The van der Waals surface area contributed by atoms with Crippen molar-refractivity contribution in [2.45, 2.75) is 31.1 Å². The van der Waals surface area contributed by atoms with Crippen LogP contribution in [0.2, 0.25) is 0 Å².